The fourth-order valence-electron chi connectivity index (χ4n) is 0.293. The van der Waals surface area contributed by atoms with E-state index in [2.05, 4.69) is 0 Å². The topological polar surface area (TPSA) is 132 Å². The van der Waals surface area contributed by atoms with Gasteiger partial charge in [-0.25, -0.2) is 0 Å². The van der Waals surface area contributed by atoms with Gasteiger partial charge in [0.2, 0.25) is 0 Å². The van der Waals surface area contributed by atoms with E-state index in [1.54, 1.807) is 0 Å². The Hall–Kier alpha value is 2.13. The van der Waals surface area contributed by atoms with E-state index in [-0.39, 0.29) is 103 Å². The maximum Gasteiger partial charge on any atom is 1.00 e. The van der Waals surface area contributed by atoms with E-state index in [0.717, 1.165) is 0 Å². The molecule has 0 rings (SSSR count). The van der Waals surface area contributed by atoms with Crippen LogP contribution in [0.25, 0.3) is 0 Å². The van der Waals surface area contributed by atoms with Gasteiger partial charge < -0.3 is 31.3 Å². The van der Waals surface area contributed by atoms with Crippen LogP contribution in [-0.4, -0.2) is 24.0 Å². The smallest absolute Gasteiger partial charge is 0.548 e. The summed E-state index contributed by atoms with van der Waals surface area (Å²) in [5, 5.41) is 19.7. The zero-order valence-electron chi connectivity index (χ0n) is 6.94. The molecule has 0 aromatic rings. The van der Waals surface area contributed by atoms with Gasteiger partial charge in [-0.1, -0.05) is 0 Å². The molecule has 0 aromatic heterocycles. The van der Waals surface area contributed by atoms with E-state index in [1.165, 1.54) is 0 Å². The summed E-state index contributed by atoms with van der Waals surface area (Å²) in [4.78, 5) is 19.7. The minimum absolute atomic E-state index is 0. The molecule has 0 spiro atoms. The van der Waals surface area contributed by atoms with Crippen LogP contribution in [0.1, 0.15) is 0 Å². The third kappa shape index (κ3) is 7.53. The Morgan fingerprint density at radius 1 is 0.917 bits per heavy atom. The minimum Gasteiger partial charge on any atom is -0.548 e. The van der Waals surface area contributed by atoms with Crippen LogP contribution in [-0.2, 0) is 9.59 Å². The first-order valence-electron chi connectivity index (χ1n) is 2.39. The fraction of sp³-hybridized carbons (Fsp3) is 0.500. The van der Waals surface area contributed by atoms with Crippen molar-refractivity contribution in [2.75, 3.05) is 0 Å². The monoisotopic (exact) mass is 224 g/mol. The molecule has 0 amide bonds. The van der Waals surface area contributed by atoms with E-state index in [1.807, 2.05) is 0 Å². The largest absolute Gasteiger partial charge is 1.00 e. The predicted octanol–water partition coefficient (Wildman–Crippen LogP) is -10.9. The predicted molar refractivity (Wildman–Crippen MR) is 26.0 cm³/mol. The number of nitrogens with two attached hydrogens (primary N) is 2. The first kappa shape index (κ1) is 19.7. The van der Waals surface area contributed by atoms with Crippen molar-refractivity contribution in [3.8, 4) is 0 Å². The van der Waals surface area contributed by atoms with Crippen LogP contribution < -0.4 is 124 Å². The number of rotatable bonds is 3. The van der Waals surface area contributed by atoms with E-state index in [9.17, 15) is 19.8 Å². The standard InChI is InChI=1S/C4H8N2O4.2K/c5-1(3(7)8)2(6)4(9)10;;/h1-2H,5-6H2,(H,7,8)(H,9,10);;/q;2*+1/p-2. The van der Waals surface area contributed by atoms with Crippen molar-refractivity contribution in [3.05, 3.63) is 0 Å². The van der Waals surface area contributed by atoms with Crippen LogP contribution in [0.4, 0.5) is 0 Å². The third-order valence-corrected chi connectivity index (χ3v) is 0.931. The molecule has 58 valence electrons. The molecular weight excluding hydrogens is 218 g/mol. The van der Waals surface area contributed by atoms with E-state index in [4.69, 9.17) is 11.5 Å². The van der Waals surface area contributed by atoms with E-state index < -0.39 is 24.0 Å². The van der Waals surface area contributed by atoms with Gasteiger partial charge in [-0.3, -0.25) is 0 Å². The van der Waals surface area contributed by atoms with Crippen LogP contribution in [0.2, 0.25) is 0 Å². The van der Waals surface area contributed by atoms with Crippen molar-refractivity contribution in [1.82, 2.24) is 0 Å². The molecule has 0 saturated heterocycles. The Labute approximate surface area is 154 Å². The number of carboxylic acid groups (broad SMARTS) is 2. The Morgan fingerprint density at radius 2 is 1.08 bits per heavy atom. The molecule has 0 aliphatic heterocycles. The van der Waals surface area contributed by atoms with Gasteiger partial charge in [0, 0.05) is 0 Å². The first-order chi connectivity index (χ1) is 4.46. The maximum absolute atomic E-state index is 9.84. The van der Waals surface area contributed by atoms with Gasteiger partial charge in [0.1, 0.15) is 0 Å². The minimum atomic E-state index is -1.72. The molecule has 4 N–H and O–H groups in total. The molecule has 0 aromatic carbocycles. The Balaban J connectivity index is -0.000000405. The molecule has 6 nitrogen and oxygen atoms in total. The molecule has 8 heteroatoms. The van der Waals surface area contributed by atoms with Gasteiger partial charge in [-0.05, 0) is 0 Å². The molecule has 0 radical (unpaired) electrons. The molecule has 12 heavy (non-hydrogen) atoms. The maximum atomic E-state index is 9.84. The van der Waals surface area contributed by atoms with Crippen molar-refractivity contribution in [3.63, 3.8) is 0 Å². The number of hydrogen-bond donors (Lipinski definition) is 2. The number of carbonyl (C=O) groups excluding carboxylic acids is 2. The molecule has 2 atom stereocenters. The van der Waals surface area contributed by atoms with Gasteiger partial charge in [-0.15, -0.1) is 0 Å². The second-order valence-electron chi connectivity index (χ2n) is 1.69. The van der Waals surface area contributed by atoms with Crippen LogP contribution >= 0.6 is 0 Å². The number of carboxylic acids is 2. The van der Waals surface area contributed by atoms with Crippen LogP contribution in [0, 0.1) is 0 Å². The summed E-state index contributed by atoms with van der Waals surface area (Å²) in [6.07, 6.45) is 0. The summed E-state index contributed by atoms with van der Waals surface area (Å²) >= 11 is 0. The Bertz CT molecular complexity index is 147. The molecular formula is C4H6K2N2O4. The van der Waals surface area contributed by atoms with Crippen LogP contribution in [0.3, 0.4) is 0 Å². The van der Waals surface area contributed by atoms with Gasteiger partial charge in [0.15, 0.2) is 0 Å². The quantitative estimate of drug-likeness (QED) is 0.457. The molecule has 0 heterocycles. The van der Waals surface area contributed by atoms with Gasteiger partial charge in [0.25, 0.3) is 0 Å². The van der Waals surface area contributed by atoms with Crippen molar-refractivity contribution in [2.24, 2.45) is 11.5 Å². The molecule has 0 bridgehead atoms. The molecule has 0 saturated carbocycles. The summed E-state index contributed by atoms with van der Waals surface area (Å²) in [7, 11) is 0. The fourth-order valence-corrected chi connectivity index (χ4v) is 0.293. The van der Waals surface area contributed by atoms with Crippen LogP contribution in [0.15, 0.2) is 0 Å². The summed E-state index contributed by atoms with van der Waals surface area (Å²) in [5.74, 6) is -3.42. The first-order valence-corrected chi connectivity index (χ1v) is 2.39. The Morgan fingerprint density at radius 3 is 1.17 bits per heavy atom. The van der Waals surface area contributed by atoms with Crippen molar-refractivity contribution in [2.45, 2.75) is 12.1 Å². The normalized spacial score (nSPS) is 13.2. The zero-order chi connectivity index (χ0) is 8.31. The van der Waals surface area contributed by atoms with Gasteiger partial charge in [0.05, 0.1) is 24.0 Å². The van der Waals surface area contributed by atoms with Crippen LogP contribution in [0.5, 0.6) is 0 Å². The third-order valence-electron chi connectivity index (χ3n) is 0.931. The molecule has 2 unspecified atom stereocenters. The van der Waals surface area contributed by atoms with E-state index in [0.29, 0.717) is 0 Å². The average molecular weight is 224 g/mol. The molecule has 0 fully saturated rings. The number of carbonyl (C=O) groups is 2. The molecule has 0 aliphatic rings. The second-order valence-corrected chi connectivity index (χ2v) is 1.69. The van der Waals surface area contributed by atoms with Crippen molar-refractivity contribution < 1.29 is 123 Å². The average Bonchev–Trinajstić information content (AvgIpc) is 1.84. The Kier molecular flexibility index (Phi) is 15.9. The number of aliphatic carboxylic acids is 2. The summed E-state index contributed by atoms with van der Waals surface area (Å²) in [6, 6.07) is -3.44. The second kappa shape index (κ2) is 9.68. The van der Waals surface area contributed by atoms with E-state index >= 15 is 0 Å². The van der Waals surface area contributed by atoms with Crippen molar-refractivity contribution >= 4 is 11.9 Å². The number of hydrogen-bond acceptors (Lipinski definition) is 6. The summed E-state index contributed by atoms with van der Waals surface area (Å²) < 4.78 is 0. The zero-order valence-corrected chi connectivity index (χ0v) is 13.2. The van der Waals surface area contributed by atoms with Crippen molar-refractivity contribution in [1.29, 1.82) is 0 Å². The SMILES string of the molecule is NC(C(=O)[O-])C(N)C(=O)[O-].[K+].[K+]. The van der Waals surface area contributed by atoms with Gasteiger partial charge in [-0.2, -0.15) is 0 Å². The summed E-state index contributed by atoms with van der Waals surface area (Å²) in [6.45, 7) is 0. The molecule has 0 aliphatic carbocycles. The summed E-state index contributed by atoms with van der Waals surface area (Å²) in [5.41, 5.74) is 9.51. The van der Waals surface area contributed by atoms with Gasteiger partial charge >= 0.3 is 103 Å².